The first-order valence-electron chi connectivity index (χ1n) is 6.07. The van der Waals surface area contributed by atoms with E-state index in [0.717, 1.165) is 18.5 Å². The van der Waals surface area contributed by atoms with Crippen LogP contribution in [0.5, 0.6) is 0 Å². The Hall–Kier alpha value is -1.75. The molecule has 0 spiro atoms. The monoisotopic (exact) mass is 247 g/mol. The predicted octanol–water partition coefficient (Wildman–Crippen LogP) is 0.823. The third kappa shape index (κ3) is 3.37. The summed E-state index contributed by atoms with van der Waals surface area (Å²) >= 11 is 0. The van der Waals surface area contributed by atoms with Crippen LogP contribution in [0.4, 0.5) is 0 Å². The van der Waals surface area contributed by atoms with E-state index in [2.05, 4.69) is 16.5 Å². The molecule has 2 heterocycles. The van der Waals surface area contributed by atoms with Crippen LogP contribution in [-0.4, -0.2) is 46.6 Å². The fraction of sp³-hybridized carbons (Fsp3) is 0.462. The summed E-state index contributed by atoms with van der Waals surface area (Å²) in [6.07, 6.45) is 6.41. The summed E-state index contributed by atoms with van der Waals surface area (Å²) in [6.45, 7) is 5.38. The van der Waals surface area contributed by atoms with Crippen LogP contribution in [0.2, 0.25) is 0 Å². The van der Waals surface area contributed by atoms with Crippen LogP contribution in [-0.2, 0) is 16.0 Å². The average molecular weight is 247 g/mol. The van der Waals surface area contributed by atoms with Gasteiger partial charge < -0.3 is 9.64 Å². The molecule has 0 N–H and O–H groups in total. The maximum atomic E-state index is 11.5. The van der Waals surface area contributed by atoms with E-state index in [-0.39, 0.29) is 12.0 Å². The Morgan fingerprint density at radius 1 is 1.67 bits per heavy atom. The SMILES string of the molecule is C=CC(=O)N1CCOC(CCc2ccncn2)C1. The molecule has 1 aliphatic rings. The van der Waals surface area contributed by atoms with Crippen LogP contribution < -0.4 is 0 Å². The van der Waals surface area contributed by atoms with Crippen molar-refractivity contribution in [1.29, 1.82) is 0 Å². The van der Waals surface area contributed by atoms with Crippen LogP contribution in [0.15, 0.2) is 31.2 Å². The Bertz CT molecular complexity index is 408. The Morgan fingerprint density at radius 2 is 2.56 bits per heavy atom. The standard InChI is InChI=1S/C13H17N3O2/c1-2-13(17)16-7-8-18-12(9-16)4-3-11-5-6-14-10-15-11/h2,5-6,10,12H,1,3-4,7-9H2. The lowest BCUT2D eigenvalue weighted by Crippen LogP contribution is -2.45. The fourth-order valence-electron chi connectivity index (χ4n) is 2.00. The van der Waals surface area contributed by atoms with E-state index in [1.54, 1.807) is 17.4 Å². The average Bonchev–Trinajstić information content (AvgIpc) is 2.45. The number of aromatic nitrogens is 2. The Kier molecular flexibility index (Phi) is 4.41. The summed E-state index contributed by atoms with van der Waals surface area (Å²) in [4.78, 5) is 21.3. The highest BCUT2D eigenvalue weighted by atomic mass is 16.5. The van der Waals surface area contributed by atoms with Crippen molar-refractivity contribution in [2.24, 2.45) is 0 Å². The second-order valence-electron chi connectivity index (χ2n) is 4.22. The molecule has 0 radical (unpaired) electrons. The smallest absolute Gasteiger partial charge is 0.246 e. The van der Waals surface area contributed by atoms with Gasteiger partial charge in [-0.1, -0.05) is 6.58 Å². The van der Waals surface area contributed by atoms with Gasteiger partial charge in [0.2, 0.25) is 5.91 Å². The number of carbonyl (C=O) groups is 1. The van der Waals surface area contributed by atoms with Gasteiger partial charge in [0.15, 0.2) is 0 Å². The van der Waals surface area contributed by atoms with Gasteiger partial charge in [0.1, 0.15) is 6.33 Å². The second-order valence-corrected chi connectivity index (χ2v) is 4.22. The van der Waals surface area contributed by atoms with Crippen molar-refractivity contribution >= 4 is 5.91 Å². The Morgan fingerprint density at radius 3 is 3.28 bits per heavy atom. The normalized spacial score (nSPS) is 19.6. The molecule has 18 heavy (non-hydrogen) atoms. The van der Waals surface area contributed by atoms with Gasteiger partial charge in [-0.05, 0) is 25.0 Å². The number of nitrogens with zero attached hydrogens (tertiary/aromatic N) is 3. The van der Waals surface area contributed by atoms with Gasteiger partial charge in [-0.3, -0.25) is 4.79 Å². The highest BCUT2D eigenvalue weighted by Crippen LogP contribution is 2.11. The van der Waals surface area contributed by atoms with Crippen LogP contribution in [0.1, 0.15) is 12.1 Å². The van der Waals surface area contributed by atoms with E-state index in [1.165, 1.54) is 6.08 Å². The van der Waals surface area contributed by atoms with Gasteiger partial charge >= 0.3 is 0 Å². The van der Waals surface area contributed by atoms with Crippen molar-refractivity contribution < 1.29 is 9.53 Å². The number of amides is 1. The third-order valence-electron chi connectivity index (χ3n) is 2.99. The zero-order valence-electron chi connectivity index (χ0n) is 10.3. The summed E-state index contributed by atoms with van der Waals surface area (Å²) in [5, 5.41) is 0. The number of carbonyl (C=O) groups excluding carboxylic acids is 1. The quantitative estimate of drug-likeness (QED) is 0.739. The summed E-state index contributed by atoms with van der Waals surface area (Å²) in [5.74, 6) is -0.0228. The summed E-state index contributed by atoms with van der Waals surface area (Å²) < 4.78 is 5.65. The third-order valence-corrected chi connectivity index (χ3v) is 2.99. The van der Waals surface area contributed by atoms with Crippen molar-refractivity contribution in [2.75, 3.05) is 19.7 Å². The minimum atomic E-state index is -0.0228. The fourth-order valence-corrected chi connectivity index (χ4v) is 2.00. The summed E-state index contributed by atoms with van der Waals surface area (Å²) in [5.41, 5.74) is 1.00. The van der Waals surface area contributed by atoms with Gasteiger partial charge in [0.25, 0.3) is 0 Å². The Balaban J connectivity index is 1.83. The van der Waals surface area contributed by atoms with Crippen molar-refractivity contribution in [3.8, 4) is 0 Å². The molecule has 1 unspecified atom stereocenters. The van der Waals surface area contributed by atoms with Crippen LogP contribution in [0.25, 0.3) is 0 Å². The van der Waals surface area contributed by atoms with Crippen LogP contribution >= 0.6 is 0 Å². The first-order chi connectivity index (χ1) is 8.79. The molecule has 0 aromatic carbocycles. The highest BCUT2D eigenvalue weighted by molar-refractivity contribution is 5.87. The van der Waals surface area contributed by atoms with Crippen LogP contribution in [0, 0.1) is 0 Å². The van der Waals surface area contributed by atoms with Gasteiger partial charge in [-0.2, -0.15) is 0 Å². The number of hydrogen-bond acceptors (Lipinski definition) is 4. The molecule has 1 saturated heterocycles. The molecule has 1 aromatic heterocycles. The molecular weight excluding hydrogens is 230 g/mol. The zero-order chi connectivity index (χ0) is 12.8. The topological polar surface area (TPSA) is 55.3 Å². The number of ether oxygens (including phenoxy) is 1. The van der Waals surface area contributed by atoms with Crippen molar-refractivity contribution in [1.82, 2.24) is 14.9 Å². The number of hydrogen-bond donors (Lipinski definition) is 0. The molecule has 0 bridgehead atoms. The molecule has 2 rings (SSSR count). The second kappa shape index (κ2) is 6.26. The number of aryl methyl sites for hydroxylation is 1. The largest absolute Gasteiger partial charge is 0.375 e. The van der Waals surface area contributed by atoms with Crippen molar-refractivity contribution in [2.45, 2.75) is 18.9 Å². The van der Waals surface area contributed by atoms with Gasteiger partial charge in [0, 0.05) is 25.0 Å². The first-order valence-corrected chi connectivity index (χ1v) is 6.07. The lowest BCUT2D eigenvalue weighted by atomic mass is 10.1. The maximum Gasteiger partial charge on any atom is 0.246 e. The highest BCUT2D eigenvalue weighted by Gasteiger charge is 2.22. The number of rotatable bonds is 4. The van der Waals surface area contributed by atoms with Gasteiger partial charge in [-0.15, -0.1) is 0 Å². The minimum absolute atomic E-state index is 0.0228. The molecule has 1 aliphatic heterocycles. The Labute approximate surface area is 106 Å². The van der Waals surface area contributed by atoms with Crippen LogP contribution in [0.3, 0.4) is 0 Å². The van der Waals surface area contributed by atoms with E-state index in [1.807, 2.05) is 6.07 Å². The molecule has 1 fully saturated rings. The number of morpholine rings is 1. The van der Waals surface area contributed by atoms with E-state index < -0.39 is 0 Å². The molecule has 0 saturated carbocycles. The van der Waals surface area contributed by atoms with Crippen molar-refractivity contribution in [3.05, 3.63) is 36.9 Å². The van der Waals surface area contributed by atoms with Gasteiger partial charge in [0.05, 0.1) is 12.7 Å². The molecule has 1 atom stereocenters. The maximum absolute atomic E-state index is 11.5. The lowest BCUT2D eigenvalue weighted by Gasteiger charge is -2.32. The molecule has 96 valence electrons. The zero-order valence-corrected chi connectivity index (χ0v) is 10.3. The van der Waals surface area contributed by atoms with E-state index in [0.29, 0.717) is 19.7 Å². The minimum Gasteiger partial charge on any atom is -0.375 e. The molecule has 0 aliphatic carbocycles. The summed E-state index contributed by atoms with van der Waals surface area (Å²) in [6, 6.07) is 1.90. The molecule has 1 amide bonds. The van der Waals surface area contributed by atoms with E-state index in [9.17, 15) is 4.79 Å². The molecule has 5 nitrogen and oxygen atoms in total. The predicted molar refractivity (Wildman–Crippen MR) is 66.9 cm³/mol. The summed E-state index contributed by atoms with van der Waals surface area (Å²) in [7, 11) is 0. The van der Waals surface area contributed by atoms with E-state index >= 15 is 0 Å². The molecule has 1 aromatic rings. The van der Waals surface area contributed by atoms with Crippen molar-refractivity contribution in [3.63, 3.8) is 0 Å². The lowest BCUT2D eigenvalue weighted by molar-refractivity contribution is -0.133. The molecule has 5 heteroatoms. The first kappa shape index (κ1) is 12.7. The van der Waals surface area contributed by atoms with E-state index in [4.69, 9.17) is 4.74 Å². The van der Waals surface area contributed by atoms with Gasteiger partial charge in [-0.25, -0.2) is 9.97 Å². The molecular formula is C13H17N3O2.